The molecule has 1 aromatic rings. The van der Waals surface area contributed by atoms with E-state index in [-0.39, 0.29) is 27.3 Å². The molecular weight excluding hydrogens is 277 g/mol. The number of hydrogen-bond donors (Lipinski definition) is 0. The molecular formula is C8H4BrClF2N2. The summed E-state index contributed by atoms with van der Waals surface area (Å²) in [5, 5.41) is 8.42. The predicted molar refractivity (Wildman–Crippen MR) is 51.2 cm³/mol. The minimum absolute atomic E-state index is 0.0196. The van der Waals surface area contributed by atoms with Gasteiger partial charge in [0, 0.05) is 11.1 Å². The highest BCUT2D eigenvalue weighted by molar-refractivity contribution is 9.10. The Bertz CT molecular complexity index is 390. The van der Waals surface area contributed by atoms with Gasteiger partial charge in [-0.05, 0) is 22.0 Å². The van der Waals surface area contributed by atoms with Crippen LogP contribution in [0.2, 0.25) is 5.15 Å². The van der Waals surface area contributed by atoms with E-state index in [0.29, 0.717) is 0 Å². The standard InChI is InChI=1S/C8H4BrClF2N2/c9-7-4(1-2-13)5(8(11)12)3-6(10)14-7/h3,8H,1H2. The minimum Gasteiger partial charge on any atom is -0.229 e. The topological polar surface area (TPSA) is 36.7 Å². The van der Waals surface area contributed by atoms with Crippen molar-refractivity contribution in [3.8, 4) is 6.07 Å². The molecule has 0 fully saturated rings. The Labute approximate surface area is 92.6 Å². The lowest BCUT2D eigenvalue weighted by Gasteiger charge is -2.07. The van der Waals surface area contributed by atoms with Gasteiger partial charge in [-0.3, -0.25) is 0 Å². The lowest BCUT2D eigenvalue weighted by atomic mass is 10.1. The van der Waals surface area contributed by atoms with Gasteiger partial charge >= 0.3 is 0 Å². The summed E-state index contributed by atoms with van der Waals surface area (Å²) in [6, 6.07) is 2.87. The van der Waals surface area contributed by atoms with Crippen molar-refractivity contribution in [2.45, 2.75) is 12.8 Å². The van der Waals surface area contributed by atoms with Gasteiger partial charge in [0.1, 0.15) is 9.76 Å². The number of aromatic nitrogens is 1. The summed E-state index contributed by atoms with van der Waals surface area (Å²) in [7, 11) is 0. The van der Waals surface area contributed by atoms with Gasteiger partial charge in [-0.1, -0.05) is 11.6 Å². The summed E-state index contributed by atoms with van der Waals surface area (Å²) in [5.41, 5.74) is -0.0645. The molecule has 0 bridgehead atoms. The van der Waals surface area contributed by atoms with Gasteiger partial charge in [-0.2, -0.15) is 5.26 Å². The number of nitrogens with zero attached hydrogens (tertiary/aromatic N) is 2. The highest BCUT2D eigenvalue weighted by Gasteiger charge is 2.17. The van der Waals surface area contributed by atoms with Crippen LogP contribution < -0.4 is 0 Å². The van der Waals surface area contributed by atoms with Crippen LogP contribution in [0.3, 0.4) is 0 Å². The van der Waals surface area contributed by atoms with Crippen molar-refractivity contribution < 1.29 is 8.78 Å². The van der Waals surface area contributed by atoms with Crippen LogP contribution >= 0.6 is 27.5 Å². The molecule has 14 heavy (non-hydrogen) atoms. The first-order chi connectivity index (χ1) is 6.56. The van der Waals surface area contributed by atoms with Gasteiger partial charge in [-0.15, -0.1) is 0 Å². The zero-order valence-electron chi connectivity index (χ0n) is 6.77. The molecule has 0 saturated carbocycles. The number of alkyl halides is 2. The molecule has 0 atom stereocenters. The number of hydrogen-bond acceptors (Lipinski definition) is 2. The third-order valence-electron chi connectivity index (χ3n) is 1.57. The first-order valence-corrected chi connectivity index (χ1v) is 4.73. The largest absolute Gasteiger partial charge is 0.264 e. The Kier molecular flexibility index (Phi) is 3.78. The van der Waals surface area contributed by atoms with Crippen LogP contribution in [0.5, 0.6) is 0 Å². The number of halogens is 4. The van der Waals surface area contributed by atoms with Crippen LogP contribution in [0, 0.1) is 11.3 Å². The van der Waals surface area contributed by atoms with E-state index in [0.717, 1.165) is 6.07 Å². The molecule has 0 unspecified atom stereocenters. The fourth-order valence-electron chi connectivity index (χ4n) is 0.977. The van der Waals surface area contributed by atoms with Crippen molar-refractivity contribution in [1.29, 1.82) is 5.26 Å². The number of nitriles is 1. The van der Waals surface area contributed by atoms with E-state index in [9.17, 15) is 8.78 Å². The van der Waals surface area contributed by atoms with E-state index in [1.807, 2.05) is 0 Å². The van der Waals surface area contributed by atoms with Gasteiger partial charge in [-0.25, -0.2) is 13.8 Å². The molecule has 0 aliphatic carbocycles. The summed E-state index contributed by atoms with van der Waals surface area (Å²) >= 11 is 8.50. The Balaban J connectivity index is 3.30. The maximum atomic E-state index is 12.5. The summed E-state index contributed by atoms with van der Waals surface area (Å²) in [5.74, 6) is 0. The van der Waals surface area contributed by atoms with E-state index in [1.54, 1.807) is 6.07 Å². The van der Waals surface area contributed by atoms with Crippen LogP contribution in [0.1, 0.15) is 17.6 Å². The molecule has 1 rings (SSSR count). The SMILES string of the molecule is N#CCc1c(C(F)F)cc(Cl)nc1Br. The number of pyridine rings is 1. The maximum Gasteiger partial charge on any atom is 0.264 e. The quantitative estimate of drug-likeness (QED) is 0.778. The third-order valence-corrected chi connectivity index (χ3v) is 2.42. The Hall–Kier alpha value is -0.730. The fraction of sp³-hybridized carbons (Fsp3) is 0.250. The molecule has 2 nitrogen and oxygen atoms in total. The second-order valence-corrected chi connectivity index (χ2v) is 3.58. The normalized spacial score (nSPS) is 10.3. The van der Waals surface area contributed by atoms with E-state index >= 15 is 0 Å². The van der Waals surface area contributed by atoms with E-state index in [2.05, 4.69) is 20.9 Å². The highest BCUT2D eigenvalue weighted by Crippen LogP contribution is 2.29. The Morgan fingerprint density at radius 3 is 2.79 bits per heavy atom. The van der Waals surface area contributed by atoms with Crippen molar-refractivity contribution in [2.24, 2.45) is 0 Å². The maximum absolute atomic E-state index is 12.5. The van der Waals surface area contributed by atoms with Crippen molar-refractivity contribution >= 4 is 27.5 Å². The molecule has 0 saturated heterocycles. The van der Waals surface area contributed by atoms with Gasteiger partial charge in [0.05, 0.1) is 12.5 Å². The second-order valence-electron chi connectivity index (χ2n) is 2.44. The van der Waals surface area contributed by atoms with Gasteiger partial charge in [0.25, 0.3) is 6.43 Å². The summed E-state index contributed by atoms with van der Waals surface area (Å²) in [6.45, 7) is 0. The highest BCUT2D eigenvalue weighted by atomic mass is 79.9. The average Bonchev–Trinajstić information content (AvgIpc) is 2.09. The molecule has 0 N–H and O–H groups in total. The van der Waals surface area contributed by atoms with E-state index < -0.39 is 6.43 Å². The van der Waals surface area contributed by atoms with Crippen LogP contribution in [0.4, 0.5) is 8.78 Å². The zero-order valence-corrected chi connectivity index (χ0v) is 9.11. The minimum atomic E-state index is -2.66. The molecule has 0 spiro atoms. The molecule has 1 heterocycles. The average molecular weight is 281 g/mol. The van der Waals surface area contributed by atoms with Gasteiger partial charge in [0.15, 0.2) is 0 Å². The molecule has 0 aliphatic rings. The third kappa shape index (κ3) is 2.40. The van der Waals surface area contributed by atoms with Crippen LogP contribution in [0.25, 0.3) is 0 Å². The molecule has 0 aromatic carbocycles. The Morgan fingerprint density at radius 1 is 1.64 bits per heavy atom. The lowest BCUT2D eigenvalue weighted by Crippen LogP contribution is -1.98. The lowest BCUT2D eigenvalue weighted by molar-refractivity contribution is 0.150. The zero-order chi connectivity index (χ0) is 10.7. The van der Waals surface area contributed by atoms with Crippen LogP contribution in [-0.2, 0) is 6.42 Å². The number of rotatable bonds is 2. The first-order valence-electron chi connectivity index (χ1n) is 3.56. The summed E-state index contributed by atoms with van der Waals surface area (Å²) in [4.78, 5) is 3.73. The molecule has 0 amide bonds. The van der Waals surface area contributed by atoms with E-state index in [1.165, 1.54) is 0 Å². The van der Waals surface area contributed by atoms with E-state index in [4.69, 9.17) is 16.9 Å². The van der Waals surface area contributed by atoms with Gasteiger partial charge < -0.3 is 0 Å². The molecule has 6 heteroatoms. The fourth-order valence-corrected chi connectivity index (χ4v) is 1.84. The van der Waals surface area contributed by atoms with Crippen molar-refractivity contribution in [3.63, 3.8) is 0 Å². The predicted octanol–water partition coefficient (Wildman–Crippen LogP) is 3.50. The van der Waals surface area contributed by atoms with Crippen molar-refractivity contribution in [3.05, 3.63) is 26.9 Å². The van der Waals surface area contributed by atoms with Crippen LogP contribution in [-0.4, -0.2) is 4.98 Å². The summed E-state index contributed by atoms with van der Waals surface area (Å²) < 4.78 is 25.2. The second kappa shape index (κ2) is 4.67. The Morgan fingerprint density at radius 2 is 2.29 bits per heavy atom. The summed E-state index contributed by atoms with van der Waals surface area (Å²) in [6.07, 6.45) is -2.78. The monoisotopic (exact) mass is 280 g/mol. The molecule has 0 radical (unpaired) electrons. The van der Waals surface area contributed by atoms with Crippen molar-refractivity contribution in [1.82, 2.24) is 4.98 Å². The van der Waals surface area contributed by atoms with Gasteiger partial charge in [0.2, 0.25) is 0 Å². The molecule has 0 aliphatic heterocycles. The first kappa shape index (κ1) is 11.3. The van der Waals surface area contributed by atoms with Crippen molar-refractivity contribution in [2.75, 3.05) is 0 Å². The van der Waals surface area contributed by atoms with Crippen LogP contribution in [0.15, 0.2) is 10.7 Å². The smallest absolute Gasteiger partial charge is 0.229 e. The molecule has 1 aromatic heterocycles. The molecule has 74 valence electrons.